The number of pyridine rings is 2. The van der Waals surface area contributed by atoms with Crippen LogP contribution in [0.2, 0.25) is 0 Å². The topological polar surface area (TPSA) is 103 Å². The number of aryl methyl sites for hydroxylation is 1. The summed E-state index contributed by atoms with van der Waals surface area (Å²) in [7, 11) is -5.21. The molecule has 6 rings (SSSR count). The van der Waals surface area contributed by atoms with Gasteiger partial charge in [-0.3, -0.25) is 9.78 Å². The molecule has 3 aromatic heterocycles. The third-order valence-corrected chi connectivity index (χ3v) is 7.69. The Kier molecular flexibility index (Phi) is 6.13. The Balaban J connectivity index is 1.69. The molecular weight excluding hydrogens is 521 g/mol. The summed E-state index contributed by atoms with van der Waals surface area (Å²) in [5.41, 5.74) is 4.96. The van der Waals surface area contributed by atoms with Crippen molar-refractivity contribution >= 4 is 43.3 Å². The minimum Gasteiger partial charge on any atom is -0.381 e. The molecule has 1 fully saturated rings. The molecule has 0 amide bonds. The molecule has 10 heteroatoms. The number of nitrogens with zero attached hydrogens (tertiary/aromatic N) is 2. The zero-order valence-electron chi connectivity index (χ0n) is 21.0. The van der Waals surface area contributed by atoms with E-state index in [1.807, 2.05) is 37.3 Å². The molecule has 1 saturated heterocycles. The first-order valence-electron chi connectivity index (χ1n) is 12.6. The molecule has 39 heavy (non-hydrogen) atoms. The lowest BCUT2D eigenvalue weighted by Crippen LogP contribution is -2.22. The van der Waals surface area contributed by atoms with Crippen molar-refractivity contribution < 1.29 is 21.2 Å². The van der Waals surface area contributed by atoms with Gasteiger partial charge in [0.2, 0.25) is 0 Å². The second-order valence-electron chi connectivity index (χ2n) is 9.56. The predicted molar refractivity (Wildman–Crippen MR) is 148 cm³/mol. The summed E-state index contributed by atoms with van der Waals surface area (Å²) >= 11 is 0. The van der Waals surface area contributed by atoms with E-state index in [0.717, 1.165) is 46.6 Å². The zero-order chi connectivity index (χ0) is 27.3. The summed E-state index contributed by atoms with van der Waals surface area (Å²) in [5, 5.41) is 1.98. The number of ether oxygens (including phenoxy) is 1. The number of hydrogen-bond donors (Lipinski definition) is 1. The van der Waals surface area contributed by atoms with E-state index in [1.165, 1.54) is 6.07 Å². The first-order chi connectivity index (χ1) is 18.8. The van der Waals surface area contributed by atoms with Crippen molar-refractivity contribution in [2.75, 3.05) is 13.2 Å². The van der Waals surface area contributed by atoms with Crippen molar-refractivity contribution in [1.29, 1.82) is 0 Å². The summed E-state index contributed by atoms with van der Waals surface area (Å²) in [6.07, 6.45) is 10.4. The van der Waals surface area contributed by atoms with Crippen LogP contribution in [0.5, 0.6) is 5.75 Å². The first-order valence-corrected chi connectivity index (χ1v) is 13.9. The summed E-state index contributed by atoms with van der Waals surface area (Å²) in [6.45, 7) is 3.16. The summed E-state index contributed by atoms with van der Waals surface area (Å²) in [6, 6.07) is 10.9. The molecular formula is C29H24FN3O5S. The van der Waals surface area contributed by atoms with E-state index in [4.69, 9.17) is 11.2 Å². The van der Waals surface area contributed by atoms with Gasteiger partial charge < -0.3 is 18.5 Å². The predicted octanol–water partition coefficient (Wildman–Crippen LogP) is 5.19. The number of nitrogens with one attached hydrogen (secondary N) is 1. The summed E-state index contributed by atoms with van der Waals surface area (Å²) in [5.74, 6) is 2.41. The maximum Gasteiger partial charge on any atom is 0.488 e. The fourth-order valence-corrected chi connectivity index (χ4v) is 5.88. The quantitative estimate of drug-likeness (QED) is 0.241. The van der Waals surface area contributed by atoms with Crippen LogP contribution in [0.15, 0.2) is 53.6 Å². The molecule has 0 aliphatic carbocycles. The molecule has 8 nitrogen and oxygen atoms in total. The Labute approximate surface area is 223 Å². The lowest BCUT2D eigenvalue weighted by Gasteiger charge is -2.28. The van der Waals surface area contributed by atoms with Gasteiger partial charge in [-0.1, -0.05) is 22.8 Å². The molecule has 1 N–H and O–H groups in total. The van der Waals surface area contributed by atoms with Crippen molar-refractivity contribution in [3.05, 3.63) is 70.1 Å². The second-order valence-corrected chi connectivity index (χ2v) is 10.5. The van der Waals surface area contributed by atoms with Crippen molar-refractivity contribution in [1.82, 2.24) is 14.5 Å². The molecule has 0 spiro atoms. The SMILES string of the molecule is C#Cc1ccc2c(c1)[nH]c1c2c(=O)c2cc(CC)c(-c3cncc(OS(=O)(=O)F)c3)cc2n1C1CCOCC1. The molecule has 1 aliphatic heterocycles. The van der Waals surface area contributed by atoms with Crippen LogP contribution >= 0.6 is 0 Å². The zero-order valence-corrected chi connectivity index (χ0v) is 21.8. The van der Waals surface area contributed by atoms with Gasteiger partial charge in [-0.15, -0.1) is 6.42 Å². The maximum atomic E-state index is 14.0. The maximum absolute atomic E-state index is 14.0. The monoisotopic (exact) mass is 545 g/mol. The first kappa shape index (κ1) is 25.1. The van der Waals surface area contributed by atoms with Gasteiger partial charge in [0.25, 0.3) is 0 Å². The fourth-order valence-electron chi connectivity index (χ4n) is 5.56. The van der Waals surface area contributed by atoms with Gasteiger partial charge in [0.1, 0.15) is 5.65 Å². The average Bonchev–Trinajstić information content (AvgIpc) is 3.31. The van der Waals surface area contributed by atoms with E-state index in [1.54, 1.807) is 6.20 Å². The summed E-state index contributed by atoms with van der Waals surface area (Å²) < 4.78 is 47.6. The van der Waals surface area contributed by atoms with Crippen LogP contribution in [0, 0.1) is 12.3 Å². The number of aromatic nitrogens is 3. The van der Waals surface area contributed by atoms with Gasteiger partial charge in [-0.2, -0.15) is 8.42 Å². The van der Waals surface area contributed by atoms with Crippen LogP contribution < -0.4 is 9.61 Å². The number of rotatable bonds is 5. The van der Waals surface area contributed by atoms with Crippen LogP contribution in [0.3, 0.4) is 0 Å². The number of fused-ring (bicyclic) bond motifs is 4. The van der Waals surface area contributed by atoms with Gasteiger partial charge in [-0.25, -0.2) is 0 Å². The van der Waals surface area contributed by atoms with Crippen molar-refractivity contribution in [3.63, 3.8) is 0 Å². The van der Waals surface area contributed by atoms with Crippen LogP contribution in [0.4, 0.5) is 3.89 Å². The van der Waals surface area contributed by atoms with Crippen LogP contribution in [0.1, 0.15) is 36.9 Å². The molecule has 0 unspecified atom stereocenters. The highest BCUT2D eigenvalue weighted by molar-refractivity contribution is 7.81. The van der Waals surface area contributed by atoms with E-state index in [9.17, 15) is 17.1 Å². The Morgan fingerprint density at radius 1 is 1.18 bits per heavy atom. The third-order valence-electron chi connectivity index (χ3n) is 7.30. The van der Waals surface area contributed by atoms with Crippen LogP contribution in [-0.4, -0.2) is 36.2 Å². The molecule has 0 bridgehead atoms. The standard InChI is InChI=1S/C29H24FN3O5S/c1-3-17-5-6-22-25(11-17)32-29-27(22)28(34)24-13-18(4-2)23(14-26(24)33(29)20-7-9-37-10-8-20)19-12-21(16-31-15-19)38-39(30,35)36/h1,5-6,11-16,20,32H,4,7-10H2,2H3. The molecule has 5 aromatic rings. The molecule has 0 atom stereocenters. The largest absolute Gasteiger partial charge is 0.488 e. The highest BCUT2D eigenvalue weighted by atomic mass is 32.3. The lowest BCUT2D eigenvalue weighted by molar-refractivity contribution is 0.0715. The van der Waals surface area contributed by atoms with Gasteiger partial charge in [-0.05, 0) is 60.7 Å². The van der Waals surface area contributed by atoms with Gasteiger partial charge in [0.05, 0.1) is 17.1 Å². The Hall–Kier alpha value is -4.20. The fraction of sp³-hybridized carbons (Fsp3) is 0.241. The van der Waals surface area contributed by atoms with E-state index >= 15 is 0 Å². The Morgan fingerprint density at radius 2 is 1.97 bits per heavy atom. The van der Waals surface area contributed by atoms with Crippen molar-refractivity contribution in [2.24, 2.45) is 0 Å². The number of H-pyrrole nitrogens is 1. The molecule has 0 saturated carbocycles. The highest BCUT2D eigenvalue weighted by Gasteiger charge is 2.24. The minimum atomic E-state index is -5.21. The summed E-state index contributed by atoms with van der Waals surface area (Å²) in [4.78, 5) is 21.6. The van der Waals surface area contributed by atoms with Crippen LogP contribution in [-0.2, 0) is 21.7 Å². The molecule has 2 aromatic carbocycles. The van der Waals surface area contributed by atoms with E-state index < -0.39 is 10.5 Å². The highest BCUT2D eigenvalue weighted by Crippen LogP contribution is 2.36. The van der Waals surface area contributed by atoms with Gasteiger partial charge in [0.15, 0.2) is 11.2 Å². The van der Waals surface area contributed by atoms with Crippen molar-refractivity contribution in [2.45, 2.75) is 32.2 Å². The minimum absolute atomic E-state index is 0.0642. The molecule has 4 heterocycles. The van der Waals surface area contributed by atoms with Crippen LogP contribution in [0.25, 0.3) is 44.0 Å². The molecule has 198 valence electrons. The third kappa shape index (κ3) is 4.43. The number of terminal acetylenes is 1. The molecule has 0 radical (unpaired) electrons. The number of aromatic amines is 1. The Bertz CT molecular complexity index is 1980. The molecule has 1 aliphatic rings. The number of benzene rings is 2. The number of hydrogen-bond acceptors (Lipinski definition) is 6. The van der Waals surface area contributed by atoms with Gasteiger partial charge in [0, 0.05) is 52.9 Å². The van der Waals surface area contributed by atoms with E-state index in [-0.39, 0.29) is 17.2 Å². The average molecular weight is 546 g/mol. The smallest absolute Gasteiger partial charge is 0.381 e. The number of halogens is 1. The van der Waals surface area contributed by atoms with Crippen molar-refractivity contribution in [3.8, 4) is 29.2 Å². The normalized spacial score (nSPS) is 14.7. The van der Waals surface area contributed by atoms with Gasteiger partial charge >= 0.3 is 10.5 Å². The lowest BCUT2D eigenvalue weighted by atomic mass is 9.95. The second kappa shape index (κ2) is 9.52. The van der Waals surface area contributed by atoms with E-state index in [2.05, 4.69) is 24.6 Å². The Morgan fingerprint density at radius 3 is 2.69 bits per heavy atom. The van der Waals surface area contributed by atoms with E-state index in [0.29, 0.717) is 47.2 Å².